The minimum Gasteiger partial charge on any atom is -0.466 e. The molecule has 9 heteroatoms. The van der Waals surface area contributed by atoms with Crippen molar-refractivity contribution in [3.63, 3.8) is 0 Å². The first-order valence-electron chi connectivity index (χ1n) is 9.27. The molecule has 1 aromatic rings. The molecule has 1 fully saturated rings. The summed E-state index contributed by atoms with van der Waals surface area (Å²) in [5.74, 6) is -1.78. The van der Waals surface area contributed by atoms with Gasteiger partial charge in [-0.15, -0.1) is 0 Å². The van der Waals surface area contributed by atoms with Gasteiger partial charge in [-0.2, -0.15) is 0 Å². The van der Waals surface area contributed by atoms with Crippen LogP contribution in [0.2, 0.25) is 0 Å². The van der Waals surface area contributed by atoms with Crippen molar-refractivity contribution in [2.24, 2.45) is 0 Å². The van der Waals surface area contributed by atoms with Crippen molar-refractivity contribution >= 4 is 11.9 Å². The Morgan fingerprint density at radius 2 is 1.89 bits per heavy atom. The number of benzene rings is 1. The van der Waals surface area contributed by atoms with Gasteiger partial charge in [0.15, 0.2) is 6.29 Å². The monoisotopic (exact) mass is 395 g/mol. The molecule has 2 rings (SSSR count). The summed E-state index contributed by atoms with van der Waals surface area (Å²) in [5.41, 5.74) is 1.29. The number of nitrogens with zero attached hydrogens (tertiary/aromatic N) is 1. The molecule has 1 aromatic carbocycles. The largest absolute Gasteiger partial charge is 0.466 e. The highest BCUT2D eigenvalue weighted by molar-refractivity contribution is 5.89. The lowest BCUT2D eigenvalue weighted by Gasteiger charge is -2.27. The molecule has 28 heavy (non-hydrogen) atoms. The van der Waals surface area contributed by atoms with E-state index in [0.29, 0.717) is 24.3 Å². The molecule has 1 heterocycles. The predicted octanol–water partition coefficient (Wildman–Crippen LogP) is 2.61. The zero-order valence-electron chi connectivity index (χ0n) is 16.0. The first kappa shape index (κ1) is 21.8. The van der Waals surface area contributed by atoms with Crippen molar-refractivity contribution in [1.29, 1.82) is 0 Å². The van der Waals surface area contributed by atoms with Crippen LogP contribution in [0, 0.1) is 10.1 Å². The minimum atomic E-state index is -0.769. The maximum Gasteiger partial charge on any atom is 0.338 e. The number of carbonyl (C=O) groups excluding carboxylic acids is 2. The van der Waals surface area contributed by atoms with Crippen LogP contribution in [-0.4, -0.2) is 49.8 Å². The van der Waals surface area contributed by atoms with Crippen molar-refractivity contribution in [3.05, 3.63) is 45.0 Å². The summed E-state index contributed by atoms with van der Waals surface area (Å²) < 4.78 is 21.3. The summed E-state index contributed by atoms with van der Waals surface area (Å²) in [7, 11) is 0. The number of nitro groups is 1. The van der Waals surface area contributed by atoms with Crippen molar-refractivity contribution < 1.29 is 33.5 Å². The Bertz CT molecular complexity index is 699. The zero-order chi connectivity index (χ0) is 20.5. The standard InChI is InChI=1S/C19H25NO8/c1-3-25-17(21)11-14(12-20(23)24)15-7-6-13(18(22)26-4-2)10-16(15)19-27-8-5-9-28-19/h6-7,10,14,19H,3-5,8-9,11-12H2,1-2H3. The van der Waals surface area contributed by atoms with Gasteiger partial charge in [-0.1, -0.05) is 6.07 Å². The van der Waals surface area contributed by atoms with Gasteiger partial charge < -0.3 is 18.9 Å². The Labute approximate surface area is 163 Å². The molecule has 0 aliphatic carbocycles. The SMILES string of the molecule is CCOC(=O)CC(C[N+](=O)[O-])c1ccc(C(=O)OCC)cc1C1OCCCO1. The summed E-state index contributed by atoms with van der Waals surface area (Å²) >= 11 is 0. The van der Waals surface area contributed by atoms with E-state index in [-0.39, 0.29) is 25.2 Å². The van der Waals surface area contributed by atoms with Crippen molar-refractivity contribution in [2.75, 3.05) is 33.0 Å². The molecule has 0 aromatic heterocycles. The molecule has 1 saturated heterocycles. The van der Waals surface area contributed by atoms with Gasteiger partial charge in [0, 0.05) is 10.5 Å². The maximum atomic E-state index is 12.1. The Balaban J connectivity index is 2.43. The molecule has 1 unspecified atom stereocenters. The van der Waals surface area contributed by atoms with Crippen LogP contribution in [-0.2, 0) is 23.7 Å². The Morgan fingerprint density at radius 1 is 1.21 bits per heavy atom. The summed E-state index contributed by atoms with van der Waals surface area (Å²) in [4.78, 5) is 34.8. The van der Waals surface area contributed by atoms with Gasteiger partial charge in [-0.05, 0) is 38.0 Å². The molecule has 154 valence electrons. The van der Waals surface area contributed by atoms with Crippen LogP contribution in [0.25, 0.3) is 0 Å². The van der Waals surface area contributed by atoms with E-state index in [2.05, 4.69) is 0 Å². The summed E-state index contributed by atoms with van der Waals surface area (Å²) in [6.45, 7) is 4.25. The lowest BCUT2D eigenvalue weighted by molar-refractivity contribution is -0.483. The molecular formula is C19H25NO8. The first-order chi connectivity index (χ1) is 13.5. The fourth-order valence-corrected chi connectivity index (χ4v) is 3.03. The highest BCUT2D eigenvalue weighted by Gasteiger charge is 2.30. The van der Waals surface area contributed by atoms with E-state index in [9.17, 15) is 19.7 Å². The lowest BCUT2D eigenvalue weighted by Crippen LogP contribution is -2.24. The van der Waals surface area contributed by atoms with Gasteiger partial charge in [-0.25, -0.2) is 4.79 Å². The van der Waals surface area contributed by atoms with Crippen molar-refractivity contribution in [2.45, 2.75) is 38.9 Å². The number of esters is 2. The third-order valence-electron chi connectivity index (χ3n) is 4.21. The number of carbonyl (C=O) groups is 2. The molecule has 0 saturated carbocycles. The van der Waals surface area contributed by atoms with E-state index in [0.717, 1.165) is 6.42 Å². The van der Waals surface area contributed by atoms with Gasteiger partial charge >= 0.3 is 11.9 Å². The van der Waals surface area contributed by atoms with Crippen LogP contribution in [0.5, 0.6) is 0 Å². The van der Waals surface area contributed by atoms with Gasteiger partial charge in [0.2, 0.25) is 6.54 Å². The van der Waals surface area contributed by atoms with Crippen LogP contribution >= 0.6 is 0 Å². The smallest absolute Gasteiger partial charge is 0.338 e. The first-order valence-corrected chi connectivity index (χ1v) is 9.27. The Hall–Kier alpha value is -2.52. The maximum absolute atomic E-state index is 12.1. The molecule has 0 N–H and O–H groups in total. The molecular weight excluding hydrogens is 370 g/mol. The highest BCUT2D eigenvalue weighted by atomic mass is 16.7. The van der Waals surface area contributed by atoms with Crippen LogP contribution in [0.15, 0.2) is 18.2 Å². The average molecular weight is 395 g/mol. The summed E-state index contributed by atoms with van der Waals surface area (Å²) in [6.07, 6.45) is -0.202. The second-order valence-electron chi connectivity index (χ2n) is 6.21. The van der Waals surface area contributed by atoms with E-state index in [4.69, 9.17) is 18.9 Å². The summed E-state index contributed by atoms with van der Waals surface area (Å²) in [6, 6.07) is 4.68. The molecule has 1 aliphatic heterocycles. The van der Waals surface area contributed by atoms with E-state index >= 15 is 0 Å². The Kier molecular flexibility index (Phi) is 8.34. The van der Waals surface area contributed by atoms with Gasteiger partial charge in [-0.3, -0.25) is 14.9 Å². The van der Waals surface area contributed by atoms with E-state index in [1.807, 2.05) is 0 Å². The zero-order valence-corrected chi connectivity index (χ0v) is 16.0. The molecule has 0 amide bonds. The van der Waals surface area contributed by atoms with Crippen LogP contribution < -0.4 is 0 Å². The molecule has 9 nitrogen and oxygen atoms in total. The molecule has 0 bridgehead atoms. The minimum absolute atomic E-state index is 0.159. The normalized spacial score (nSPS) is 15.6. The number of hydrogen-bond acceptors (Lipinski definition) is 8. The second kappa shape index (κ2) is 10.7. The van der Waals surface area contributed by atoms with Gasteiger partial charge in [0.1, 0.15) is 0 Å². The molecule has 1 atom stereocenters. The van der Waals surface area contributed by atoms with E-state index in [1.54, 1.807) is 26.0 Å². The Morgan fingerprint density at radius 3 is 2.50 bits per heavy atom. The summed E-state index contributed by atoms with van der Waals surface area (Å²) in [5, 5.41) is 11.2. The number of hydrogen-bond donors (Lipinski definition) is 0. The quantitative estimate of drug-likeness (QED) is 0.356. The number of rotatable bonds is 9. The fraction of sp³-hybridized carbons (Fsp3) is 0.579. The number of ether oxygens (including phenoxy) is 4. The van der Waals surface area contributed by atoms with Crippen LogP contribution in [0.3, 0.4) is 0 Å². The third-order valence-corrected chi connectivity index (χ3v) is 4.21. The van der Waals surface area contributed by atoms with Gasteiger partial charge in [0.25, 0.3) is 0 Å². The van der Waals surface area contributed by atoms with Crippen molar-refractivity contribution in [3.8, 4) is 0 Å². The molecule has 0 radical (unpaired) electrons. The van der Waals surface area contributed by atoms with Crippen molar-refractivity contribution in [1.82, 2.24) is 0 Å². The van der Waals surface area contributed by atoms with E-state index in [1.165, 1.54) is 6.07 Å². The van der Waals surface area contributed by atoms with Gasteiger partial charge in [0.05, 0.1) is 44.3 Å². The predicted molar refractivity (Wildman–Crippen MR) is 97.5 cm³/mol. The average Bonchev–Trinajstić information content (AvgIpc) is 2.68. The lowest BCUT2D eigenvalue weighted by atomic mass is 9.89. The van der Waals surface area contributed by atoms with E-state index < -0.39 is 35.6 Å². The molecule has 1 aliphatic rings. The highest BCUT2D eigenvalue weighted by Crippen LogP contribution is 2.33. The van der Waals surface area contributed by atoms with Crippen LogP contribution in [0.4, 0.5) is 0 Å². The molecule has 0 spiro atoms. The fourth-order valence-electron chi connectivity index (χ4n) is 3.03. The second-order valence-corrected chi connectivity index (χ2v) is 6.21. The topological polar surface area (TPSA) is 114 Å². The van der Waals surface area contributed by atoms with Crippen LogP contribution in [0.1, 0.15) is 60.4 Å². The third kappa shape index (κ3) is 6.00.